The number of epoxide rings is 1. The molecule has 1 aromatic rings. The van der Waals surface area contributed by atoms with Crippen molar-refractivity contribution in [2.24, 2.45) is 5.73 Å². The largest absolute Gasteiger partial charge is 0.631 e. The van der Waals surface area contributed by atoms with E-state index in [1.807, 2.05) is 0 Å². The molecule has 4 fully saturated rings. The van der Waals surface area contributed by atoms with Gasteiger partial charge in [0.1, 0.15) is 67.9 Å². The molecule has 13 nitrogen and oxygen atoms in total. The van der Waals surface area contributed by atoms with Crippen LogP contribution in [0.2, 0.25) is 0 Å². The molecule has 4 saturated heterocycles. The molecule has 0 amide bonds. The first kappa shape index (κ1) is 25.4. The second-order valence-corrected chi connectivity index (χ2v) is 9.78. The lowest BCUT2D eigenvalue weighted by molar-refractivity contribution is -0.928. The summed E-state index contributed by atoms with van der Waals surface area (Å²) in [6, 6.07) is 7.69. The number of esters is 2. The van der Waals surface area contributed by atoms with Crippen molar-refractivity contribution in [1.82, 2.24) is 0 Å². The fourth-order valence-corrected chi connectivity index (χ4v) is 5.66. The van der Waals surface area contributed by atoms with Crippen molar-refractivity contribution in [3.8, 4) is 0 Å². The van der Waals surface area contributed by atoms with Crippen LogP contribution in [0.5, 0.6) is 0 Å². The smallest absolute Gasteiger partial charge is 0.338 e. The third-order valence-electron chi connectivity index (χ3n) is 7.72. The number of piperidine rings is 1. The summed E-state index contributed by atoms with van der Waals surface area (Å²) >= 11 is 0. The maximum absolute atomic E-state index is 13.2. The monoisotopic (exact) mass is 510 g/mol. The number of aliphatic hydroxyl groups is 4. The van der Waals surface area contributed by atoms with Crippen molar-refractivity contribution in [2.75, 3.05) is 13.3 Å². The molecule has 0 aromatic heterocycles. The van der Waals surface area contributed by atoms with Gasteiger partial charge in [-0.25, -0.2) is 4.79 Å². The van der Waals surface area contributed by atoms with E-state index in [-0.39, 0.29) is 18.9 Å². The lowest BCUT2D eigenvalue weighted by Crippen LogP contribution is -2.63. The van der Waals surface area contributed by atoms with Crippen LogP contribution < -0.4 is 5.73 Å². The van der Waals surface area contributed by atoms with Gasteiger partial charge in [-0.15, -0.1) is 0 Å². The number of fused-ring (bicyclic) bond motifs is 5. The molecule has 0 radical (unpaired) electrons. The highest BCUT2D eigenvalue weighted by Crippen LogP contribution is 2.52. The lowest BCUT2D eigenvalue weighted by atomic mass is 9.96. The van der Waals surface area contributed by atoms with Gasteiger partial charge in [0, 0.05) is 12.8 Å². The Hall–Kier alpha value is -2.20. The van der Waals surface area contributed by atoms with Crippen molar-refractivity contribution >= 4 is 11.9 Å². The summed E-state index contributed by atoms with van der Waals surface area (Å²) in [5.74, 6) is -2.82. The Morgan fingerprint density at radius 2 is 1.67 bits per heavy atom. The van der Waals surface area contributed by atoms with Crippen LogP contribution in [-0.2, 0) is 28.5 Å². The molecule has 4 heterocycles. The van der Waals surface area contributed by atoms with Crippen LogP contribution in [0.1, 0.15) is 24.3 Å². The number of nitrogens with zero attached hydrogens (tertiary/aromatic N) is 1. The minimum atomic E-state index is -1.91. The molecule has 1 aromatic carbocycles. The maximum Gasteiger partial charge on any atom is 0.338 e. The molecule has 0 aliphatic carbocycles. The fraction of sp³-hybridized carbons (Fsp3) is 0.652. The number of hydrogen-bond acceptors (Lipinski definition) is 12. The Morgan fingerprint density at radius 1 is 1.03 bits per heavy atom. The molecular formula is C23H30N2O11. The van der Waals surface area contributed by atoms with Crippen molar-refractivity contribution in [1.29, 1.82) is 0 Å². The first-order valence-electron chi connectivity index (χ1n) is 11.9. The van der Waals surface area contributed by atoms with E-state index in [4.69, 9.17) is 24.7 Å². The highest BCUT2D eigenvalue weighted by Gasteiger charge is 2.70. The Bertz CT molecular complexity index is 962. The average molecular weight is 510 g/mol. The molecular weight excluding hydrogens is 480 g/mol. The molecule has 5 unspecified atom stereocenters. The number of carbonyl (C=O) groups is 2. The van der Waals surface area contributed by atoms with Crippen LogP contribution in [0, 0.1) is 5.21 Å². The Labute approximate surface area is 206 Å². The fourth-order valence-electron chi connectivity index (χ4n) is 5.66. The third kappa shape index (κ3) is 4.30. The predicted octanol–water partition coefficient (Wildman–Crippen LogP) is -2.43. The van der Waals surface area contributed by atoms with E-state index >= 15 is 0 Å². The number of morpholine rings is 1. The normalized spacial score (nSPS) is 43.8. The van der Waals surface area contributed by atoms with Gasteiger partial charge in [0.15, 0.2) is 12.4 Å². The zero-order valence-corrected chi connectivity index (χ0v) is 19.2. The molecule has 198 valence electrons. The Kier molecular flexibility index (Phi) is 6.78. The quantitative estimate of drug-likeness (QED) is 0.112. The van der Waals surface area contributed by atoms with Gasteiger partial charge < -0.3 is 49.2 Å². The summed E-state index contributed by atoms with van der Waals surface area (Å²) in [7, 11) is 0. The summed E-state index contributed by atoms with van der Waals surface area (Å²) in [5, 5.41) is 52.3. The van der Waals surface area contributed by atoms with E-state index < -0.39 is 78.0 Å². The number of aliphatic hydroxyl groups excluding tert-OH is 4. The third-order valence-corrected chi connectivity index (χ3v) is 7.72. The minimum Gasteiger partial charge on any atom is -0.631 e. The van der Waals surface area contributed by atoms with E-state index in [0.717, 1.165) is 0 Å². The molecule has 4 aliphatic heterocycles. The van der Waals surface area contributed by atoms with Crippen LogP contribution in [0.25, 0.3) is 0 Å². The van der Waals surface area contributed by atoms with E-state index in [2.05, 4.69) is 0 Å². The minimum absolute atomic E-state index is 0.0650. The molecule has 0 saturated carbocycles. The zero-order chi connectivity index (χ0) is 25.8. The molecule has 4 aliphatic rings. The van der Waals surface area contributed by atoms with Gasteiger partial charge in [-0.2, -0.15) is 0 Å². The molecule has 36 heavy (non-hydrogen) atoms. The van der Waals surface area contributed by atoms with Crippen LogP contribution in [-0.4, -0.2) is 111 Å². The number of nitrogens with two attached hydrogens (primary N) is 1. The SMILES string of the molecule is NC[N+]1([O-])C2CC(OC(=O)C(COC(=O)[C@H]3O[C@@H](O)[C@H](O)[C@@H](O)[C@@H]3O)c3ccccc3)CC1C1OC12. The molecule has 6 N–H and O–H groups in total. The van der Waals surface area contributed by atoms with Crippen molar-refractivity contribution in [2.45, 2.75) is 79.9 Å². The number of ether oxygens (including phenoxy) is 4. The van der Waals surface area contributed by atoms with Crippen molar-refractivity contribution < 1.29 is 53.6 Å². The molecule has 2 bridgehead atoms. The van der Waals surface area contributed by atoms with Gasteiger partial charge in [-0.3, -0.25) is 10.5 Å². The van der Waals surface area contributed by atoms with Crippen molar-refractivity contribution in [3.63, 3.8) is 0 Å². The number of carbonyl (C=O) groups excluding carboxylic acids is 2. The van der Waals surface area contributed by atoms with Gasteiger partial charge in [-0.05, 0) is 5.56 Å². The second-order valence-electron chi connectivity index (χ2n) is 9.78. The first-order valence-corrected chi connectivity index (χ1v) is 11.9. The number of quaternary nitrogens is 1. The summed E-state index contributed by atoms with van der Waals surface area (Å²) in [5.41, 5.74) is 6.26. The molecule has 13 heteroatoms. The molecule has 5 rings (SSSR count). The predicted molar refractivity (Wildman–Crippen MR) is 117 cm³/mol. The zero-order valence-electron chi connectivity index (χ0n) is 19.2. The first-order chi connectivity index (χ1) is 17.2. The molecule has 0 spiro atoms. The standard InChI is InChI=1S/C23H30N2O11/c24-9-25(32)13-6-11(7-14(25)19-18(13)35-19)34-21(29)12(10-4-2-1-3-5-10)8-33-23(31)20-16(27)15(26)17(28)22(30)36-20/h1-5,11-20,22,26-28,30H,6-9,24H2/t11?,12?,13?,14?,15-,16-,17+,18?,19?,20-,22+,25?/m0/s1. The summed E-state index contributed by atoms with van der Waals surface area (Å²) in [6.45, 7) is -0.536. The van der Waals surface area contributed by atoms with E-state index in [1.165, 1.54) is 0 Å². The van der Waals surface area contributed by atoms with E-state index in [0.29, 0.717) is 18.4 Å². The van der Waals surface area contributed by atoms with Gasteiger partial charge in [0.2, 0.25) is 0 Å². The lowest BCUT2D eigenvalue weighted by Gasteiger charge is -2.53. The van der Waals surface area contributed by atoms with Crippen LogP contribution in [0.3, 0.4) is 0 Å². The second kappa shape index (κ2) is 9.59. The van der Waals surface area contributed by atoms with Gasteiger partial charge >= 0.3 is 11.9 Å². The van der Waals surface area contributed by atoms with Gasteiger partial charge in [0.05, 0.1) is 0 Å². The number of rotatable bonds is 7. The van der Waals surface area contributed by atoms with E-state index in [1.54, 1.807) is 30.3 Å². The summed E-state index contributed by atoms with van der Waals surface area (Å²) in [4.78, 5) is 25.8. The Balaban J connectivity index is 1.25. The highest BCUT2D eigenvalue weighted by atomic mass is 16.7. The van der Waals surface area contributed by atoms with Crippen molar-refractivity contribution in [3.05, 3.63) is 41.1 Å². The molecule has 10 atom stereocenters. The number of hydroxylamine groups is 3. The Morgan fingerprint density at radius 3 is 2.28 bits per heavy atom. The summed E-state index contributed by atoms with van der Waals surface area (Å²) in [6.07, 6.45) is -9.41. The van der Waals surface area contributed by atoms with Crippen LogP contribution in [0.4, 0.5) is 0 Å². The van der Waals surface area contributed by atoms with Gasteiger partial charge in [0.25, 0.3) is 0 Å². The van der Waals surface area contributed by atoms with Gasteiger partial charge in [-0.1, -0.05) is 30.3 Å². The number of benzene rings is 1. The van der Waals surface area contributed by atoms with Crippen LogP contribution in [0.15, 0.2) is 30.3 Å². The average Bonchev–Trinajstić information content (AvgIpc) is 3.64. The topological polar surface area (TPSA) is 204 Å². The number of hydrogen-bond donors (Lipinski definition) is 5. The van der Waals surface area contributed by atoms with Crippen LogP contribution >= 0.6 is 0 Å². The summed E-state index contributed by atoms with van der Waals surface area (Å²) < 4.78 is 20.9. The highest BCUT2D eigenvalue weighted by molar-refractivity contribution is 5.80. The van der Waals surface area contributed by atoms with E-state index in [9.17, 15) is 35.2 Å². The maximum atomic E-state index is 13.2.